The molecule has 0 atom stereocenters. The number of likely N-dealkylation sites (tertiary alicyclic amines) is 1. The largest absolute Gasteiger partial charge is 0.508 e. The van der Waals surface area contributed by atoms with Crippen LogP contribution >= 0.6 is 0 Å². The van der Waals surface area contributed by atoms with E-state index >= 15 is 0 Å². The van der Waals surface area contributed by atoms with Gasteiger partial charge in [0.05, 0.1) is 0 Å². The fourth-order valence-electron chi connectivity index (χ4n) is 3.79. The Morgan fingerprint density at radius 3 is 2.13 bits per heavy atom. The van der Waals surface area contributed by atoms with Crippen LogP contribution in [0, 0.1) is 0 Å². The number of hydrogen-bond acceptors (Lipinski definition) is 4. The van der Waals surface area contributed by atoms with Crippen molar-refractivity contribution in [2.45, 2.75) is 51.4 Å². The van der Waals surface area contributed by atoms with Crippen LogP contribution < -0.4 is 5.32 Å². The van der Waals surface area contributed by atoms with Gasteiger partial charge in [-0.1, -0.05) is 36.4 Å². The van der Waals surface area contributed by atoms with Crippen molar-refractivity contribution >= 4 is 12.5 Å². The number of nitrogens with one attached hydrogen (secondary N) is 1. The van der Waals surface area contributed by atoms with E-state index in [1.165, 1.54) is 31.5 Å². The molecule has 1 aliphatic heterocycles. The van der Waals surface area contributed by atoms with Crippen LogP contribution in [-0.2, 0) is 24.4 Å². The fourth-order valence-corrected chi connectivity index (χ4v) is 3.79. The van der Waals surface area contributed by atoms with Gasteiger partial charge >= 0.3 is 6.03 Å². The predicted octanol–water partition coefficient (Wildman–Crippen LogP) is 3.56. The van der Waals surface area contributed by atoms with Crippen LogP contribution in [0.4, 0.5) is 4.79 Å². The zero-order valence-electron chi connectivity index (χ0n) is 17.7. The van der Waals surface area contributed by atoms with Gasteiger partial charge in [0, 0.05) is 25.7 Å². The summed E-state index contributed by atoms with van der Waals surface area (Å²) in [5.74, 6) is 0.249. The molecule has 2 fully saturated rings. The number of carboxylic acid groups (broad SMARTS) is 1. The highest BCUT2D eigenvalue weighted by Gasteiger charge is 2.32. The van der Waals surface area contributed by atoms with Crippen LogP contribution in [0.25, 0.3) is 0 Å². The minimum Gasteiger partial charge on any atom is -0.508 e. The van der Waals surface area contributed by atoms with Crippen LogP contribution in [-0.4, -0.2) is 51.6 Å². The third-order valence-corrected chi connectivity index (χ3v) is 5.61. The number of amides is 2. The maximum absolute atomic E-state index is 12.7. The second-order valence-corrected chi connectivity index (χ2v) is 8.09. The summed E-state index contributed by atoms with van der Waals surface area (Å²) >= 11 is 0. The molecule has 0 spiro atoms. The van der Waals surface area contributed by atoms with Crippen molar-refractivity contribution in [3.05, 3.63) is 65.2 Å². The van der Waals surface area contributed by atoms with Gasteiger partial charge in [0.2, 0.25) is 0 Å². The molecule has 2 aromatic carbocycles. The average molecular weight is 426 g/mol. The summed E-state index contributed by atoms with van der Waals surface area (Å²) in [5.41, 5.74) is 3.49. The molecule has 0 radical (unpaired) electrons. The Kier molecular flexibility index (Phi) is 8.29. The highest BCUT2D eigenvalue weighted by atomic mass is 16.3. The summed E-state index contributed by atoms with van der Waals surface area (Å²) in [7, 11) is 0. The lowest BCUT2D eigenvalue weighted by Crippen LogP contribution is -2.40. The minimum atomic E-state index is -0.250. The Morgan fingerprint density at radius 1 is 1.00 bits per heavy atom. The lowest BCUT2D eigenvalue weighted by atomic mass is 10.1. The number of carbonyl (C=O) groups excluding carboxylic acids is 1. The van der Waals surface area contributed by atoms with E-state index in [1.54, 1.807) is 12.1 Å². The molecule has 1 heterocycles. The van der Waals surface area contributed by atoms with E-state index in [9.17, 15) is 9.90 Å². The van der Waals surface area contributed by atoms with E-state index in [2.05, 4.69) is 34.5 Å². The second-order valence-electron chi connectivity index (χ2n) is 8.09. The van der Waals surface area contributed by atoms with Gasteiger partial charge in [-0.15, -0.1) is 0 Å². The van der Waals surface area contributed by atoms with E-state index in [0.717, 1.165) is 30.5 Å². The molecule has 2 aromatic rings. The summed E-state index contributed by atoms with van der Waals surface area (Å²) in [6, 6.07) is 16.0. The first-order chi connectivity index (χ1) is 15.1. The summed E-state index contributed by atoms with van der Waals surface area (Å²) in [4.78, 5) is 25.5. The van der Waals surface area contributed by atoms with Crippen LogP contribution in [0.15, 0.2) is 48.5 Å². The molecule has 7 nitrogen and oxygen atoms in total. The first kappa shape index (κ1) is 22.6. The van der Waals surface area contributed by atoms with Crippen LogP contribution in [0.3, 0.4) is 0 Å². The molecule has 7 heteroatoms. The van der Waals surface area contributed by atoms with E-state index < -0.39 is 0 Å². The maximum atomic E-state index is 12.7. The Hall–Kier alpha value is -3.06. The standard InChI is InChI=1S/C23H29N3O2.CH2O2/c27-22-11-7-20(8-12-22)17-26(21-9-10-21)23(28)24-15-18-3-5-19(6-4-18)16-25-13-1-2-14-25;2-1-3/h3-8,11-12,21,27H,1-2,9-10,13-17H2,(H,24,28);1H,(H,2,3). The molecule has 3 N–H and O–H groups in total. The van der Waals surface area contributed by atoms with Gasteiger partial charge in [-0.2, -0.15) is 0 Å². The van der Waals surface area contributed by atoms with Crippen molar-refractivity contribution in [1.82, 2.24) is 15.1 Å². The summed E-state index contributed by atoms with van der Waals surface area (Å²) in [5, 5.41) is 19.4. The van der Waals surface area contributed by atoms with Crippen molar-refractivity contribution in [2.75, 3.05) is 13.1 Å². The zero-order chi connectivity index (χ0) is 22.1. The maximum Gasteiger partial charge on any atom is 0.318 e. The van der Waals surface area contributed by atoms with Crippen molar-refractivity contribution in [3.63, 3.8) is 0 Å². The second kappa shape index (κ2) is 11.4. The molecule has 0 aromatic heterocycles. The highest BCUT2D eigenvalue weighted by Crippen LogP contribution is 2.28. The number of hydrogen-bond donors (Lipinski definition) is 3. The molecule has 31 heavy (non-hydrogen) atoms. The monoisotopic (exact) mass is 425 g/mol. The molecule has 0 bridgehead atoms. The third kappa shape index (κ3) is 7.29. The van der Waals surface area contributed by atoms with Gasteiger partial charge < -0.3 is 20.4 Å². The molecule has 1 saturated carbocycles. The normalized spacial score (nSPS) is 15.6. The summed E-state index contributed by atoms with van der Waals surface area (Å²) < 4.78 is 0. The average Bonchev–Trinajstić information content (AvgIpc) is 3.49. The topological polar surface area (TPSA) is 93.1 Å². The number of rotatable bonds is 7. The predicted molar refractivity (Wildman–Crippen MR) is 119 cm³/mol. The molecule has 1 saturated heterocycles. The molecular weight excluding hydrogens is 394 g/mol. The van der Waals surface area contributed by atoms with E-state index in [4.69, 9.17) is 9.90 Å². The molecule has 2 aliphatic rings. The first-order valence-electron chi connectivity index (χ1n) is 10.8. The molecule has 4 rings (SSSR count). The molecule has 0 unspecified atom stereocenters. The first-order valence-corrected chi connectivity index (χ1v) is 10.8. The Bertz CT molecular complexity index is 829. The number of carbonyl (C=O) groups is 2. The fraction of sp³-hybridized carbons (Fsp3) is 0.417. The zero-order valence-corrected chi connectivity index (χ0v) is 17.7. The Balaban J connectivity index is 0.000000858. The molecular formula is C24H31N3O4. The molecule has 2 amide bonds. The molecule has 1 aliphatic carbocycles. The van der Waals surface area contributed by atoms with Gasteiger partial charge in [-0.3, -0.25) is 9.69 Å². The van der Waals surface area contributed by atoms with Gasteiger partial charge in [0.25, 0.3) is 6.47 Å². The van der Waals surface area contributed by atoms with E-state index in [-0.39, 0.29) is 18.3 Å². The van der Waals surface area contributed by atoms with Crippen molar-refractivity contribution < 1.29 is 19.8 Å². The van der Waals surface area contributed by atoms with Crippen molar-refractivity contribution in [3.8, 4) is 5.75 Å². The number of benzene rings is 2. The van der Waals surface area contributed by atoms with Gasteiger partial charge in [0.15, 0.2) is 0 Å². The SMILES string of the molecule is O=C(NCc1ccc(CN2CCCC2)cc1)N(Cc1ccc(O)cc1)C1CC1.O=CO. The number of phenols is 1. The number of aromatic hydroxyl groups is 1. The third-order valence-electron chi connectivity index (χ3n) is 5.61. The van der Waals surface area contributed by atoms with E-state index in [0.29, 0.717) is 19.1 Å². The lowest BCUT2D eigenvalue weighted by Gasteiger charge is -2.23. The van der Waals surface area contributed by atoms with Crippen LogP contribution in [0.1, 0.15) is 42.4 Å². The van der Waals surface area contributed by atoms with Gasteiger partial charge in [-0.25, -0.2) is 4.79 Å². The Labute approximate surface area is 183 Å². The van der Waals surface area contributed by atoms with Crippen molar-refractivity contribution in [2.24, 2.45) is 0 Å². The van der Waals surface area contributed by atoms with Gasteiger partial charge in [0.1, 0.15) is 5.75 Å². The highest BCUT2D eigenvalue weighted by molar-refractivity contribution is 5.75. The number of phenolic OH excluding ortho intramolecular Hbond substituents is 1. The minimum absolute atomic E-state index is 0.0169. The Morgan fingerprint density at radius 2 is 1.55 bits per heavy atom. The smallest absolute Gasteiger partial charge is 0.318 e. The number of nitrogens with zero attached hydrogens (tertiary/aromatic N) is 2. The summed E-state index contributed by atoms with van der Waals surface area (Å²) in [6.45, 7) is 4.30. The molecule has 166 valence electrons. The quantitative estimate of drug-likeness (QED) is 0.590. The van der Waals surface area contributed by atoms with E-state index in [1.807, 2.05) is 17.0 Å². The summed E-state index contributed by atoms with van der Waals surface area (Å²) in [6.07, 6.45) is 4.75. The lowest BCUT2D eigenvalue weighted by molar-refractivity contribution is -0.122. The van der Waals surface area contributed by atoms with Gasteiger partial charge in [-0.05, 0) is 67.6 Å². The van der Waals surface area contributed by atoms with Crippen LogP contribution in [0.5, 0.6) is 5.75 Å². The number of urea groups is 1. The van der Waals surface area contributed by atoms with Crippen molar-refractivity contribution in [1.29, 1.82) is 0 Å². The van der Waals surface area contributed by atoms with Crippen LogP contribution in [0.2, 0.25) is 0 Å².